The third-order valence-corrected chi connectivity index (χ3v) is 2.04. The molecule has 0 radical (unpaired) electrons. The molecule has 0 spiro atoms. The maximum atomic E-state index is 12.7. The summed E-state index contributed by atoms with van der Waals surface area (Å²) in [5.74, 6) is -0.181. The summed E-state index contributed by atoms with van der Waals surface area (Å²) in [4.78, 5) is 0. The lowest BCUT2D eigenvalue weighted by molar-refractivity contribution is 0.622. The molecule has 0 unspecified atom stereocenters. The Hall–Kier alpha value is -0.305. The number of rotatable bonds is 1. The van der Waals surface area contributed by atoms with Crippen molar-refractivity contribution in [2.75, 3.05) is 0 Å². The first kappa shape index (κ1) is 7.80. The van der Waals surface area contributed by atoms with Gasteiger partial charge in [-0.1, -0.05) is 18.4 Å². The minimum Gasteiger partial charge on any atom is -0.206 e. The van der Waals surface area contributed by atoms with Crippen molar-refractivity contribution >= 4 is 28.7 Å². The van der Waals surface area contributed by atoms with E-state index in [2.05, 4.69) is 15.9 Å². The summed E-state index contributed by atoms with van der Waals surface area (Å²) in [7, 11) is 0.879. The van der Waals surface area contributed by atoms with E-state index in [9.17, 15) is 4.39 Å². The normalized spacial score (nSPS) is 9.50. The molecule has 1 aromatic carbocycles. The van der Waals surface area contributed by atoms with Crippen molar-refractivity contribution in [2.45, 2.75) is 6.82 Å². The van der Waals surface area contributed by atoms with Crippen LogP contribution in [0.3, 0.4) is 0 Å². The van der Waals surface area contributed by atoms with Crippen LogP contribution in [-0.4, -0.2) is 7.28 Å². The lowest BCUT2D eigenvalue weighted by atomic mass is 9.73. The van der Waals surface area contributed by atoms with Gasteiger partial charge < -0.3 is 0 Å². The zero-order valence-electron chi connectivity index (χ0n) is 5.70. The lowest BCUT2D eigenvalue weighted by Gasteiger charge is -1.96. The first-order chi connectivity index (χ1) is 4.74. The summed E-state index contributed by atoms with van der Waals surface area (Å²) in [6, 6.07) is 5.19. The molecule has 0 heterocycles. The summed E-state index contributed by atoms with van der Waals surface area (Å²) in [5.41, 5.74) is 1.03. The molecule has 0 saturated heterocycles. The molecule has 0 nitrogen and oxygen atoms in total. The Balaban J connectivity index is 3.04. The van der Waals surface area contributed by atoms with Gasteiger partial charge in [-0.15, -0.1) is 0 Å². The van der Waals surface area contributed by atoms with Crippen molar-refractivity contribution in [3.05, 3.63) is 28.5 Å². The Kier molecular flexibility index (Phi) is 2.49. The molecule has 0 saturated carbocycles. The van der Waals surface area contributed by atoms with Gasteiger partial charge in [0.2, 0.25) is 0 Å². The summed E-state index contributed by atoms with van der Waals surface area (Å²) in [5, 5.41) is 0. The molecule has 0 aliphatic rings. The van der Waals surface area contributed by atoms with Gasteiger partial charge in [-0.2, -0.15) is 0 Å². The van der Waals surface area contributed by atoms with Crippen LogP contribution >= 0.6 is 15.9 Å². The van der Waals surface area contributed by atoms with Crippen LogP contribution in [0.25, 0.3) is 0 Å². The Bertz CT molecular complexity index is 237. The molecule has 0 aliphatic heterocycles. The Morgan fingerprint density at radius 2 is 2.20 bits per heavy atom. The smallest absolute Gasteiger partial charge is 0.154 e. The second-order valence-electron chi connectivity index (χ2n) is 2.10. The molecule has 0 N–H and O–H groups in total. The first-order valence-corrected chi connectivity index (χ1v) is 3.97. The second kappa shape index (κ2) is 3.19. The van der Waals surface area contributed by atoms with Crippen molar-refractivity contribution in [3.8, 4) is 0 Å². The predicted molar refractivity (Wildman–Crippen MR) is 46.7 cm³/mol. The van der Waals surface area contributed by atoms with E-state index >= 15 is 0 Å². The minimum absolute atomic E-state index is 0.181. The van der Waals surface area contributed by atoms with Gasteiger partial charge in [0.1, 0.15) is 5.82 Å². The van der Waals surface area contributed by atoms with E-state index < -0.39 is 0 Å². The van der Waals surface area contributed by atoms with Crippen LogP contribution in [0.2, 0.25) is 6.82 Å². The van der Waals surface area contributed by atoms with Gasteiger partial charge in [-0.05, 0) is 28.1 Å². The Morgan fingerprint density at radius 3 is 2.70 bits per heavy atom. The SMILES string of the molecule is CBc1ccc(Br)c(F)c1. The Morgan fingerprint density at radius 1 is 1.50 bits per heavy atom. The van der Waals surface area contributed by atoms with Crippen LogP contribution in [0.1, 0.15) is 0 Å². The maximum Gasteiger partial charge on any atom is 0.154 e. The van der Waals surface area contributed by atoms with E-state index in [1.165, 1.54) is 0 Å². The molecule has 0 amide bonds. The quantitative estimate of drug-likeness (QED) is 0.606. The highest BCUT2D eigenvalue weighted by molar-refractivity contribution is 9.10. The van der Waals surface area contributed by atoms with Crippen molar-refractivity contribution in [1.29, 1.82) is 0 Å². The predicted octanol–water partition coefficient (Wildman–Crippen LogP) is 1.70. The fourth-order valence-corrected chi connectivity index (χ4v) is 1.01. The molecule has 0 aliphatic carbocycles. The van der Waals surface area contributed by atoms with Gasteiger partial charge in [0.05, 0.1) is 4.47 Å². The fourth-order valence-electron chi connectivity index (χ4n) is 0.760. The molecule has 0 atom stereocenters. The topological polar surface area (TPSA) is 0 Å². The summed E-state index contributed by atoms with van der Waals surface area (Å²) in [6.45, 7) is 2.00. The molecule has 0 aromatic heterocycles. The first-order valence-electron chi connectivity index (χ1n) is 3.18. The van der Waals surface area contributed by atoms with Gasteiger partial charge in [0.15, 0.2) is 7.28 Å². The largest absolute Gasteiger partial charge is 0.206 e. The van der Waals surface area contributed by atoms with Gasteiger partial charge >= 0.3 is 0 Å². The van der Waals surface area contributed by atoms with E-state index in [-0.39, 0.29) is 5.82 Å². The summed E-state index contributed by atoms with van der Waals surface area (Å²) in [6.07, 6.45) is 0. The van der Waals surface area contributed by atoms with E-state index in [1.807, 2.05) is 12.9 Å². The molecule has 0 fully saturated rings. The zero-order valence-corrected chi connectivity index (χ0v) is 7.28. The molecule has 10 heavy (non-hydrogen) atoms. The van der Waals surface area contributed by atoms with Crippen LogP contribution in [0.5, 0.6) is 0 Å². The molecular weight excluding hydrogens is 194 g/mol. The van der Waals surface area contributed by atoms with E-state index in [0.717, 1.165) is 12.7 Å². The zero-order chi connectivity index (χ0) is 7.56. The third kappa shape index (κ3) is 1.60. The standard InChI is InChI=1S/C7H7BBrF/c1-8-5-2-3-6(9)7(10)4-5/h2-4,8H,1H3. The number of hydrogen-bond donors (Lipinski definition) is 0. The van der Waals surface area contributed by atoms with Crippen molar-refractivity contribution in [1.82, 2.24) is 0 Å². The lowest BCUT2D eigenvalue weighted by Crippen LogP contribution is -2.10. The highest BCUT2D eigenvalue weighted by atomic mass is 79.9. The van der Waals surface area contributed by atoms with Crippen LogP contribution in [0, 0.1) is 5.82 Å². The van der Waals surface area contributed by atoms with Crippen LogP contribution in [-0.2, 0) is 0 Å². The van der Waals surface area contributed by atoms with Gasteiger partial charge in [0, 0.05) is 0 Å². The minimum atomic E-state index is -0.181. The second-order valence-corrected chi connectivity index (χ2v) is 2.96. The molecule has 52 valence electrons. The summed E-state index contributed by atoms with van der Waals surface area (Å²) < 4.78 is 13.3. The van der Waals surface area contributed by atoms with E-state index in [1.54, 1.807) is 12.1 Å². The van der Waals surface area contributed by atoms with E-state index in [0.29, 0.717) is 4.47 Å². The van der Waals surface area contributed by atoms with E-state index in [4.69, 9.17) is 0 Å². The molecule has 0 bridgehead atoms. The Labute approximate surface area is 68.8 Å². The monoisotopic (exact) mass is 200 g/mol. The van der Waals surface area contributed by atoms with Crippen molar-refractivity contribution in [2.24, 2.45) is 0 Å². The average molecular weight is 201 g/mol. The average Bonchev–Trinajstić information content (AvgIpc) is 1.95. The molecule has 1 aromatic rings. The third-order valence-electron chi connectivity index (χ3n) is 1.39. The van der Waals surface area contributed by atoms with Gasteiger partial charge in [0.25, 0.3) is 0 Å². The number of benzene rings is 1. The molecule has 3 heteroatoms. The van der Waals surface area contributed by atoms with Crippen LogP contribution in [0.4, 0.5) is 4.39 Å². The number of hydrogen-bond acceptors (Lipinski definition) is 0. The van der Waals surface area contributed by atoms with Crippen LogP contribution < -0.4 is 5.46 Å². The summed E-state index contributed by atoms with van der Waals surface area (Å²) >= 11 is 3.08. The highest BCUT2D eigenvalue weighted by Gasteiger charge is 1.97. The highest BCUT2D eigenvalue weighted by Crippen LogP contribution is 2.11. The maximum absolute atomic E-state index is 12.7. The van der Waals surface area contributed by atoms with Gasteiger partial charge in [-0.25, -0.2) is 4.39 Å². The van der Waals surface area contributed by atoms with Gasteiger partial charge in [-0.3, -0.25) is 0 Å². The molecular formula is C7H7BBrF. The number of halogens is 2. The van der Waals surface area contributed by atoms with Crippen molar-refractivity contribution in [3.63, 3.8) is 0 Å². The van der Waals surface area contributed by atoms with Crippen LogP contribution in [0.15, 0.2) is 22.7 Å². The fraction of sp³-hybridized carbons (Fsp3) is 0.143. The van der Waals surface area contributed by atoms with Crippen molar-refractivity contribution < 1.29 is 4.39 Å². The molecule has 1 rings (SSSR count).